The molecule has 1 aromatic rings. The predicted molar refractivity (Wildman–Crippen MR) is 71.3 cm³/mol. The number of imidazole rings is 1. The molecule has 2 bridgehead atoms. The maximum absolute atomic E-state index is 4.76. The second-order valence-corrected chi connectivity index (χ2v) is 6.52. The Morgan fingerprint density at radius 1 is 1.33 bits per heavy atom. The standard InChI is InChI=1S/C15H23N3/c1-10-17-14-8-16-5-4-15(14)18(10)9-13-7-11-2-3-12(13)6-11/h11-13,16H,2-9H2,1H3. The van der Waals surface area contributed by atoms with Crippen LogP contribution in [0.5, 0.6) is 0 Å². The number of aryl methyl sites for hydroxylation is 1. The van der Waals surface area contributed by atoms with Gasteiger partial charge in [0.05, 0.1) is 5.69 Å². The summed E-state index contributed by atoms with van der Waals surface area (Å²) in [6, 6.07) is 0. The monoisotopic (exact) mass is 245 g/mol. The van der Waals surface area contributed by atoms with E-state index in [2.05, 4.69) is 16.8 Å². The molecule has 3 atom stereocenters. The first-order valence-corrected chi connectivity index (χ1v) is 7.57. The van der Waals surface area contributed by atoms with Crippen LogP contribution in [0, 0.1) is 24.7 Å². The van der Waals surface area contributed by atoms with Crippen molar-refractivity contribution in [3.05, 3.63) is 17.2 Å². The Labute approximate surface area is 109 Å². The van der Waals surface area contributed by atoms with Crippen molar-refractivity contribution in [2.75, 3.05) is 6.54 Å². The van der Waals surface area contributed by atoms with E-state index in [-0.39, 0.29) is 0 Å². The average Bonchev–Trinajstić information content (AvgIpc) is 3.05. The molecule has 2 heterocycles. The lowest BCUT2D eigenvalue weighted by molar-refractivity contribution is 0.290. The Kier molecular flexibility index (Phi) is 2.51. The largest absolute Gasteiger partial charge is 0.332 e. The Morgan fingerprint density at radius 2 is 2.28 bits per heavy atom. The molecule has 98 valence electrons. The quantitative estimate of drug-likeness (QED) is 0.866. The topological polar surface area (TPSA) is 29.9 Å². The van der Waals surface area contributed by atoms with Crippen LogP contribution in [0.1, 0.15) is 42.9 Å². The van der Waals surface area contributed by atoms with Gasteiger partial charge in [0.25, 0.3) is 0 Å². The lowest BCUT2D eigenvalue weighted by atomic mass is 9.88. The Balaban J connectivity index is 1.59. The molecule has 3 aliphatic rings. The first kappa shape index (κ1) is 11.0. The normalized spacial score (nSPS) is 33.9. The molecule has 2 fully saturated rings. The second-order valence-electron chi connectivity index (χ2n) is 6.52. The van der Waals surface area contributed by atoms with Crippen molar-refractivity contribution < 1.29 is 0 Å². The van der Waals surface area contributed by atoms with Gasteiger partial charge in [-0.2, -0.15) is 0 Å². The van der Waals surface area contributed by atoms with Gasteiger partial charge in [-0.05, 0) is 43.9 Å². The van der Waals surface area contributed by atoms with Gasteiger partial charge in [0.2, 0.25) is 0 Å². The molecule has 1 aromatic heterocycles. The van der Waals surface area contributed by atoms with E-state index in [1.807, 2.05) is 0 Å². The van der Waals surface area contributed by atoms with Gasteiger partial charge in [-0.15, -0.1) is 0 Å². The summed E-state index contributed by atoms with van der Waals surface area (Å²) in [4.78, 5) is 4.76. The molecule has 4 rings (SSSR count). The third kappa shape index (κ3) is 1.63. The highest BCUT2D eigenvalue weighted by molar-refractivity contribution is 5.20. The SMILES string of the molecule is Cc1nc2c(n1CC1CC3CCC1C3)CCNC2. The van der Waals surface area contributed by atoms with E-state index < -0.39 is 0 Å². The number of nitrogens with one attached hydrogen (secondary N) is 1. The van der Waals surface area contributed by atoms with Gasteiger partial charge in [-0.1, -0.05) is 6.42 Å². The summed E-state index contributed by atoms with van der Waals surface area (Å²) in [5.74, 6) is 4.26. The van der Waals surface area contributed by atoms with E-state index in [1.165, 1.54) is 49.4 Å². The number of hydrogen-bond acceptors (Lipinski definition) is 2. The number of rotatable bonds is 2. The fourth-order valence-electron chi connectivity index (χ4n) is 4.58. The van der Waals surface area contributed by atoms with E-state index in [9.17, 15) is 0 Å². The third-order valence-electron chi connectivity index (χ3n) is 5.48. The summed E-state index contributed by atoms with van der Waals surface area (Å²) in [7, 11) is 0. The van der Waals surface area contributed by atoms with Crippen molar-refractivity contribution in [2.45, 2.75) is 52.1 Å². The maximum atomic E-state index is 4.76. The van der Waals surface area contributed by atoms with Crippen molar-refractivity contribution >= 4 is 0 Å². The molecule has 2 saturated carbocycles. The van der Waals surface area contributed by atoms with E-state index in [0.29, 0.717) is 0 Å². The molecule has 1 N–H and O–H groups in total. The molecular weight excluding hydrogens is 222 g/mol. The van der Waals surface area contributed by atoms with Crippen LogP contribution in [-0.4, -0.2) is 16.1 Å². The Morgan fingerprint density at radius 3 is 3.06 bits per heavy atom. The van der Waals surface area contributed by atoms with Crippen molar-refractivity contribution in [3.8, 4) is 0 Å². The molecule has 3 heteroatoms. The van der Waals surface area contributed by atoms with Crippen molar-refractivity contribution in [1.82, 2.24) is 14.9 Å². The molecule has 3 unspecified atom stereocenters. The van der Waals surface area contributed by atoms with Crippen LogP contribution in [-0.2, 0) is 19.5 Å². The second kappa shape index (κ2) is 4.09. The third-order valence-corrected chi connectivity index (χ3v) is 5.48. The zero-order valence-electron chi connectivity index (χ0n) is 11.3. The zero-order valence-corrected chi connectivity index (χ0v) is 11.3. The smallest absolute Gasteiger partial charge is 0.106 e. The van der Waals surface area contributed by atoms with Crippen LogP contribution < -0.4 is 5.32 Å². The van der Waals surface area contributed by atoms with E-state index >= 15 is 0 Å². The Bertz CT molecular complexity index is 463. The molecule has 1 aliphatic heterocycles. The lowest BCUT2D eigenvalue weighted by Gasteiger charge is -2.24. The van der Waals surface area contributed by atoms with Gasteiger partial charge in [-0.3, -0.25) is 0 Å². The molecule has 0 spiro atoms. The molecule has 18 heavy (non-hydrogen) atoms. The van der Waals surface area contributed by atoms with Crippen molar-refractivity contribution in [1.29, 1.82) is 0 Å². The first-order valence-electron chi connectivity index (χ1n) is 7.57. The van der Waals surface area contributed by atoms with Crippen molar-refractivity contribution in [3.63, 3.8) is 0 Å². The number of nitrogens with zero attached hydrogens (tertiary/aromatic N) is 2. The Hall–Kier alpha value is -0.830. The zero-order chi connectivity index (χ0) is 12.1. The summed E-state index contributed by atoms with van der Waals surface area (Å²) in [6.07, 6.45) is 7.16. The van der Waals surface area contributed by atoms with Gasteiger partial charge < -0.3 is 9.88 Å². The van der Waals surface area contributed by atoms with Crippen LogP contribution in [0.25, 0.3) is 0 Å². The van der Waals surface area contributed by atoms with Crippen LogP contribution >= 0.6 is 0 Å². The van der Waals surface area contributed by atoms with Crippen LogP contribution in [0.2, 0.25) is 0 Å². The summed E-state index contributed by atoms with van der Waals surface area (Å²) in [6.45, 7) is 5.52. The minimum atomic E-state index is 0.940. The van der Waals surface area contributed by atoms with Gasteiger partial charge >= 0.3 is 0 Å². The van der Waals surface area contributed by atoms with Gasteiger partial charge in [0, 0.05) is 31.7 Å². The molecule has 0 amide bonds. The van der Waals surface area contributed by atoms with E-state index in [4.69, 9.17) is 4.98 Å². The van der Waals surface area contributed by atoms with Crippen LogP contribution in [0.15, 0.2) is 0 Å². The summed E-state index contributed by atoms with van der Waals surface area (Å²) in [5, 5.41) is 3.43. The molecule has 0 radical (unpaired) electrons. The number of fused-ring (bicyclic) bond motifs is 3. The molecule has 3 nitrogen and oxygen atoms in total. The minimum absolute atomic E-state index is 0.940. The maximum Gasteiger partial charge on any atom is 0.106 e. The van der Waals surface area contributed by atoms with Gasteiger partial charge in [-0.25, -0.2) is 4.98 Å². The van der Waals surface area contributed by atoms with Crippen molar-refractivity contribution in [2.24, 2.45) is 17.8 Å². The summed E-state index contributed by atoms with van der Waals surface area (Å²) < 4.78 is 2.54. The fraction of sp³-hybridized carbons (Fsp3) is 0.800. The van der Waals surface area contributed by atoms with E-state index in [1.54, 1.807) is 0 Å². The lowest BCUT2D eigenvalue weighted by Crippen LogP contribution is -2.26. The molecule has 2 aliphatic carbocycles. The van der Waals surface area contributed by atoms with Gasteiger partial charge in [0.15, 0.2) is 0 Å². The van der Waals surface area contributed by atoms with Gasteiger partial charge in [0.1, 0.15) is 5.82 Å². The minimum Gasteiger partial charge on any atom is -0.332 e. The predicted octanol–water partition coefficient (Wildman–Crippen LogP) is 2.27. The highest BCUT2D eigenvalue weighted by Crippen LogP contribution is 2.49. The number of hydrogen-bond donors (Lipinski definition) is 1. The molecule has 0 saturated heterocycles. The summed E-state index contributed by atoms with van der Waals surface area (Å²) in [5.41, 5.74) is 2.83. The molecule has 0 aromatic carbocycles. The first-order chi connectivity index (χ1) is 8.81. The molecular formula is C15H23N3. The number of aromatic nitrogens is 2. The fourth-order valence-corrected chi connectivity index (χ4v) is 4.58. The average molecular weight is 245 g/mol. The van der Waals surface area contributed by atoms with E-state index in [0.717, 1.165) is 37.3 Å². The van der Waals surface area contributed by atoms with Crippen LogP contribution in [0.3, 0.4) is 0 Å². The summed E-state index contributed by atoms with van der Waals surface area (Å²) >= 11 is 0. The highest BCUT2D eigenvalue weighted by atomic mass is 15.1. The highest BCUT2D eigenvalue weighted by Gasteiger charge is 2.39. The van der Waals surface area contributed by atoms with Crippen LogP contribution in [0.4, 0.5) is 0 Å².